The van der Waals surface area contributed by atoms with Crippen molar-refractivity contribution in [2.24, 2.45) is 5.92 Å². The van der Waals surface area contributed by atoms with E-state index in [4.69, 9.17) is 13.9 Å². The molecule has 4 heterocycles. The normalized spacial score (nSPS) is 24.2. The van der Waals surface area contributed by atoms with E-state index < -0.39 is 5.63 Å². The van der Waals surface area contributed by atoms with Crippen molar-refractivity contribution in [1.82, 2.24) is 15.1 Å². The summed E-state index contributed by atoms with van der Waals surface area (Å²) in [5.74, 6) is 0.763. The maximum Gasteiger partial charge on any atom is 0.336 e. The van der Waals surface area contributed by atoms with Gasteiger partial charge in [0.15, 0.2) is 0 Å². The summed E-state index contributed by atoms with van der Waals surface area (Å²) >= 11 is 0. The summed E-state index contributed by atoms with van der Waals surface area (Å²) in [6, 6.07) is 8.38. The summed E-state index contributed by atoms with van der Waals surface area (Å²) < 4.78 is 16.6. The number of hydrogen-bond acceptors (Lipinski definition) is 6. The van der Waals surface area contributed by atoms with Gasteiger partial charge in [-0.25, -0.2) is 9.59 Å². The topological polar surface area (TPSA) is 101 Å². The van der Waals surface area contributed by atoms with Crippen LogP contribution in [0.15, 0.2) is 39.5 Å². The minimum absolute atomic E-state index is 0.00278. The first-order valence-electron chi connectivity index (χ1n) is 10.2. The largest absolute Gasteiger partial charge is 0.493 e. The number of fused-ring (bicyclic) bond motifs is 2. The molecule has 1 aromatic heterocycles. The number of urea groups is 1. The number of amides is 3. The van der Waals surface area contributed by atoms with Crippen LogP contribution in [0.3, 0.4) is 0 Å². The molecule has 2 atom stereocenters. The molecule has 9 nitrogen and oxygen atoms in total. The predicted molar refractivity (Wildman–Crippen MR) is 106 cm³/mol. The van der Waals surface area contributed by atoms with E-state index in [0.29, 0.717) is 44.1 Å². The molecule has 3 fully saturated rings. The summed E-state index contributed by atoms with van der Waals surface area (Å²) in [6.45, 7) is 2.97. The lowest BCUT2D eigenvalue weighted by molar-refractivity contribution is -0.139. The Hall–Kier alpha value is -3.07. The Labute approximate surface area is 172 Å². The molecule has 3 saturated heterocycles. The highest BCUT2D eigenvalue weighted by molar-refractivity contribution is 5.79. The van der Waals surface area contributed by atoms with Gasteiger partial charge in [-0.2, -0.15) is 0 Å². The van der Waals surface area contributed by atoms with Crippen molar-refractivity contribution in [3.8, 4) is 5.75 Å². The average Bonchev–Trinajstić information content (AvgIpc) is 2.71. The van der Waals surface area contributed by atoms with Gasteiger partial charge in [0, 0.05) is 49.6 Å². The Morgan fingerprint density at radius 2 is 1.97 bits per heavy atom. The average molecular weight is 413 g/mol. The molecule has 30 heavy (non-hydrogen) atoms. The first kappa shape index (κ1) is 18.9. The summed E-state index contributed by atoms with van der Waals surface area (Å²) in [4.78, 5) is 39.2. The van der Waals surface area contributed by atoms with Crippen LogP contribution in [-0.2, 0) is 9.53 Å². The first-order valence-corrected chi connectivity index (χ1v) is 10.2. The van der Waals surface area contributed by atoms with Gasteiger partial charge in [-0.15, -0.1) is 0 Å². The molecule has 5 rings (SSSR count). The number of rotatable bonds is 3. The van der Waals surface area contributed by atoms with E-state index in [1.54, 1.807) is 21.9 Å². The standard InChI is InChI=1S/C21H23N3O6/c25-19-12-29-17-5-6-23(10-16(17)22-19)21(27)24-8-13(9-24)11-28-15-3-1-14-2-4-20(26)30-18(14)7-15/h1-4,7,13,16-17H,5-6,8-12H2,(H,22,25)/t16-,17+/m1/s1. The quantitative estimate of drug-likeness (QED) is 0.748. The number of nitrogens with zero attached hydrogens (tertiary/aromatic N) is 2. The summed E-state index contributed by atoms with van der Waals surface area (Å²) in [7, 11) is 0. The van der Waals surface area contributed by atoms with E-state index in [-0.39, 0.29) is 36.6 Å². The van der Waals surface area contributed by atoms with Gasteiger partial charge in [0.1, 0.15) is 17.9 Å². The minimum Gasteiger partial charge on any atom is -0.493 e. The van der Waals surface area contributed by atoms with Crippen molar-refractivity contribution in [3.05, 3.63) is 40.8 Å². The fourth-order valence-electron chi connectivity index (χ4n) is 4.25. The van der Waals surface area contributed by atoms with Crippen LogP contribution < -0.4 is 15.7 Å². The highest BCUT2D eigenvalue weighted by Gasteiger charge is 2.40. The molecule has 158 valence electrons. The Balaban J connectivity index is 1.11. The van der Waals surface area contributed by atoms with Gasteiger partial charge >= 0.3 is 11.7 Å². The zero-order chi connectivity index (χ0) is 20.7. The second kappa shape index (κ2) is 7.64. The van der Waals surface area contributed by atoms with Gasteiger partial charge in [-0.3, -0.25) is 4.79 Å². The van der Waals surface area contributed by atoms with Gasteiger partial charge in [0.25, 0.3) is 0 Å². The van der Waals surface area contributed by atoms with Gasteiger partial charge in [0.2, 0.25) is 5.91 Å². The Kier molecular flexibility index (Phi) is 4.82. The molecule has 9 heteroatoms. The number of morpholine rings is 1. The summed E-state index contributed by atoms with van der Waals surface area (Å²) in [6.07, 6.45) is 0.727. The summed E-state index contributed by atoms with van der Waals surface area (Å²) in [5, 5.41) is 3.76. The highest BCUT2D eigenvalue weighted by atomic mass is 16.5. The van der Waals surface area contributed by atoms with Crippen LogP contribution >= 0.6 is 0 Å². The van der Waals surface area contributed by atoms with Gasteiger partial charge in [-0.05, 0) is 24.6 Å². The number of ether oxygens (including phenoxy) is 2. The molecule has 1 aromatic carbocycles. The van der Waals surface area contributed by atoms with E-state index >= 15 is 0 Å². The van der Waals surface area contributed by atoms with E-state index in [1.807, 2.05) is 12.1 Å². The molecule has 2 aromatic rings. The van der Waals surface area contributed by atoms with Crippen molar-refractivity contribution in [1.29, 1.82) is 0 Å². The zero-order valence-corrected chi connectivity index (χ0v) is 16.4. The van der Waals surface area contributed by atoms with Gasteiger partial charge < -0.3 is 29.0 Å². The molecule has 0 saturated carbocycles. The van der Waals surface area contributed by atoms with E-state index in [0.717, 1.165) is 11.8 Å². The third kappa shape index (κ3) is 3.72. The molecule has 0 unspecified atom stereocenters. The fraction of sp³-hybridized carbons (Fsp3) is 0.476. The molecular weight excluding hydrogens is 390 g/mol. The number of piperidine rings is 1. The van der Waals surface area contributed by atoms with Crippen LogP contribution in [0.4, 0.5) is 4.79 Å². The number of likely N-dealkylation sites (tertiary alicyclic amines) is 2. The van der Waals surface area contributed by atoms with E-state index in [2.05, 4.69) is 5.32 Å². The number of hydrogen-bond donors (Lipinski definition) is 1. The zero-order valence-electron chi connectivity index (χ0n) is 16.4. The lowest BCUT2D eigenvalue weighted by Crippen LogP contribution is -2.64. The molecule has 1 N–H and O–H groups in total. The number of nitrogens with one attached hydrogen (secondary N) is 1. The van der Waals surface area contributed by atoms with Crippen molar-refractivity contribution in [2.45, 2.75) is 18.6 Å². The van der Waals surface area contributed by atoms with Crippen LogP contribution in [-0.4, -0.2) is 73.3 Å². The molecular formula is C21H23N3O6. The lowest BCUT2D eigenvalue weighted by Gasteiger charge is -2.46. The molecule has 0 bridgehead atoms. The molecule has 0 radical (unpaired) electrons. The lowest BCUT2D eigenvalue weighted by atomic mass is 9.99. The highest BCUT2D eigenvalue weighted by Crippen LogP contribution is 2.24. The third-order valence-electron chi connectivity index (χ3n) is 5.90. The van der Waals surface area contributed by atoms with E-state index in [9.17, 15) is 14.4 Å². The SMILES string of the molecule is O=C1CO[C@H]2CCN(C(=O)N3CC(COc4ccc5ccc(=O)oc5c4)C3)C[C@H]2N1. The van der Waals surface area contributed by atoms with Crippen molar-refractivity contribution < 1.29 is 23.5 Å². The number of carbonyl (C=O) groups excluding carboxylic acids is 2. The van der Waals surface area contributed by atoms with Crippen LogP contribution in [0, 0.1) is 5.92 Å². The Morgan fingerprint density at radius 3 is 2.83 bits per heavy atom. The Morgan fingerprint density at radius 1 is 1.13 bits per heavy atom. The van der Waals surface area contributed by atoms with Crippen LogP contribution in [0.2, 0.25) is 0 Å². The van der Waals surface area contributed by atoms with Crippen LogP contribution in [0.5, 0.6) is 5.75 Å². The molecule has 3 aliphatic rings. The van der Waals surface area contributed by atoms with Gasteiger partial charge in [-0.1, -0.05) is 0 Å². The first-order chi connectivity index (χ1) is 14.5. The maximum atomic E-state index is 12.8. The predicted octanol–water partition coefficient (Wildman–Crippen LogP) is 0.813. The van der Waals surface area contributed by atoms with Gasteiger partial charge in [0.05, 0.1) is 18.8 Å². The van der Waals surface area contributed by atoms with Crippen LogP contribution in [0.25, 0.3) is 11.0 Å². The molecule has 3 amide bonds. The van der Waals surface area contributed by atoms with Crippen LogP contribution in [0.1, 0.15) is 6.42 Å². The molecule has 0 aliphatic carbocycles. The van der Waals surface area contributed by atoms with E-state index in [1.165, 1.54) is 6.07 Å². The van der Waals surface area contributed by atoms with Crippen molar-refractivity contribution in [3.63, 3.8) is 0 Å². The number of benzene rings is 1. The fourth-order valence-corrected chi connectivity index (χ4v) is 4.25. The maximum absolute atomic E-state index is 12.8. The smallest absolute Gasteiger partial charge is 0.336 e. The molecule has 0 spiro atoms. The van der Waals surface area contributed by atoms with Crippen molar-refractivity contribution >= 4 is 22.9 Å². The van der Waals surface area contributed by atoms with Crippen molar-refractivity contribution in [2.75, 3.05) is 39.4 Å². The minimum atomic E-state index is -0.392. The second-order valence-corrected chi connectivity index (χ2v) is 8.08. The molecule has 3 aliphatic heterocycles. The monoisotopic (exact) mass is 413 g/mol. The second-order valence-electron chi connectivity index (χ2n) is 8.08. The number of carbonyl (C=O) groups is 2. The Bertz CT molecular complexity index is 1030. The third-order valence-corrected chi connectivity index (χ3v) is 5.90. The summed E-state index contributed by atoms with van der Waals surface area (Å²) in [5.41, 5.74) is 0.101.